The quantitative estimate of drug-likeness (QED) is 0.803. The van der Waals surface area contributed by atoms with E-state index in [4.69, 9.17) is 5.73 Å². The Hall–Kier alpha value is -1.50. The van der Waals surface area contributed by atoms with Crippen molar-refractivity contribution in [3.8, 4) is 0 Å². The maximum atomic E-state index is 12.1. The second-order valence-corrected chi connectivity index (χ2v) is 3.53. The molecule has 0 radical (unpaired) electrons. The van der Waals surface area contributed by atoms with Crippen LogP contribution in [0.5, 0.6) is 0 Å². The van der Waals surface area contributed by atoms with Crippen LogP contribution >= 0.6 is 0 Å². The average Bonchev–Trinajstić information content (AvgIpc) is 2.61. The van der Waals surface area contributed by atoms with E-state index in [9.17, 15) is 13.6 Å². The van der Waals surface area contributed by atoms with Crippen molar-refractivity contribution in [2.75, 3.05) is 13.6 Å². The molecule has 1 atom stereocenters. The minimum Gasteiger partial charge on any atom is -0.338 e. The van der Waals surface area contributed by atoms with Crippen LogP contribution in [0.4, 0.5) is 8.78 Å². The predicted molar refractivity (Wildman–Crippen MR) is 53.8 cm³/mol. The van der Waals surface area contributed by atoms with Crippen LogP contribution < -0.4 is 5.73 Å². The van der Waals surface area contributed by atoms with E-state index in [1.54, 1.807) is 13.2 Å². The zero-order valence-corrected chi connectivity index (χ0v) is 9.10. The molecule has 16 heavy (non-hydrogen) atoms. The molecule has 1 unspecified atom stereocenters. The van der Waals surface area contributed by atoms with Crippen LogP contribution in [0.2, 0.25) is 0 Å². The number of carbonyl (C=O) groups is 1. The van der Waals surface area contributed by atoms with Crippen molar-refractivity contribution >= 4 is 5.91 Å². The Balaban J connectivity index is 2.67. The van der Waals surface area contributed by atoms with Gasteiger partial charge in [0.15, 0.2) is 0 Å². The SMILES string of the molecule is CN(CC(F)F)C(=O)C(N)c1cnn(C)c1. The van der Waals surface area contributed by atoms with E-state index < -0.39 is 24.9 Å². The number of amides is 1. The Labute approximate surface area is 91.8 Å². The van der Waals surface area contributed by atoms with Crippen LogP contribution in [0.25, 0.3) is 0 Å². The number of nitrogens with zero attached hydrogens (tertiary/aromatic N) is 3. The van der Waals surface area contributed by atoms with Gasteiger partial charge >= 0.3 is 0 Å². The highest BCUT2D eigenvalue weighted by Crippen LogP contribution is 2.11. The number of rotatable bonds is 4. The van der Waals surface area contributed by atoms with Crippen molar-refractivity contribution in [2.45, 2.75) is 12.5 Å². The summed E-state index contributed by atoms with van der Waals surface area (Å²) in [6.07, 6.45) is 0.465. The Morgan fingerprint density at radius 1 is 1.69 bits per heavy atom. The second-order valence-electron chi connectivity index (χ2n) is 3.53. The summed E-state index contributed by atoms with van der Waals surface area (Å²) in [6.45, 7) is -0.618. The lowest BCUT2D eigenvalue weighted by Gasteiger charge is -2.20. The molecule has 0 aliphatic carbocycles. The molecule has 0 aromatic carbocycles. The van der Waals surface area contributed by atoms with E-state index >= 15 is 0 Å². The van der Waals surface area contributed by atoms with Crippen LogP contribution in [-0.4, -0.2) is 40.6 Å². The third-order valence-electron chi connectivity index (χ3n) is 2.14. The number of halogens is 2. The fourth-order valence-electron chi connectivity index (χ4n) is 1.28. The van der Waals surface area contributed by atoms with E-state index in [0.29, 0.717) is 5.56 Å². The summed E-state index contributed by atoms with van der Waals surface area (Å²) >= 11 is 0. The van der Waals surface area contributed by atoms with Crippen LogP contribution in [0.1, 0.15) is 11.6 Å². The maximum absolute atomic E-state index is 12.1. The fourth-order valence-corrected chi connectivity index (χ4v) is 1.28. The molecule has 5 nitrogen and oxygen atoms in total. The van der Waals surface area contributed by atoms with E-state index in [1.807, 2.05) is 0 Å². The van der Waals surface area contributed by atoms with Crippen LogP contribution in [0.15, 0.2) is 12.4 Å². The van der Waals surface area contributed by atoms with Gasteiger partial charge in [0.05, 0.1) is 12.7 Å². The minimum atomic E-state index is -2.56. The molecule has 1 aromatic rings. The molecule has 1 rings (SSSR count). The molecule has 2 N–H and O–H groups in total. The Morgan fingerprint density at radius 3 is 2.75 bits per heavy atom. The van der Waals surface area contributed by atoms with Gasteiger partial charge in [-0.15, -0.1) is 0 Å². The van der Waals surface area contributed by atoms with Gasteiger partial charge in [0.2, 0.25) is 5.91 Å². The number of alkyl halides is 2. The topological polar surface area (TPSA) is 64.2 Å². The lowest BCUT2D eigenvalue weighted by molar-refractivity contribution is -0.133. The van der Waals surface area contributed by atoms with Gasteiger partial charge in [-0.2, -0.15) is 5.10 Å². The highest BCUT2D eigenvalue weighted by atomic mass is 19.3. The number of hydrogen-bond acceptors (Lipinski definition) is 3. The predicted octanol–water partition coefficient (Wildman–Crippen LogP) is 0.143. The first-order chi connectivity index (χ1) is 7.41. The molecule has 0 aliphatic heterocycles. The molecule has 1 aromatic heterocycles. The summed E-state index contributed by atoms with van der Waals surface area (Å²) in [5.74, 6) is -0.548. The fraction of sp³-hybridized carbons (Fsp3) is 0.556. The first-order valence-electron chi connectivity index (χ1n) is 4.69. The second kappa shape index (κ2) is 5.02. The van der Waals surface area contributed by atoms with Gasteiger partial charge in [-0.25, -0.2) is 8.78 Å². The standard InChI is InChI=1S/C9H14F2N4O/c1-14(5-7(10)11)9(16)8(12)6-3-13-15(2)4-6/h3-4,7-8H,5,12H2,1-2H3. The first-order valence-corrected chi connectivity index (χ1v) is 4.69. The summed E-state index contributed by atoms with van der Waals surface area (Å²) in [5.41, 5.74) is 6.15. The van der Waals surface area contributed by atoms with Crippen molar-refractivity contribution in [2.24, 2.45) is 12.8 Å². The van der Waals surface area contributed by atoms with Crippen LogP contribution in [-0.2, 0) is 11.8 Å². The molecule has 90 valence electrons. The van der Waals surface area contributed by atoms with Crippen molar-refractivity contribution in [1.82, 2.24) is 14.7 Å². The largest absolute Gasteiger partial charge is 0.338 e. The van der Waals surface area contributed by atoms with Gasteiger partial charge in [-0.3, -0.25) is 9.48 Å². The van der Waals surface area contributed by atoms with Gasteiger partial charge in [0.25, 0.3) is 6.43 Å². The summed E-state index contributed by atoms with van der Waals surface area (Å²) < 4.78 is 25.6. The van der Waals surface area contributed by atoms with E-state index in [2.05, 4.69) is 5.10 Å². The summed E-state index contributed by atoms with van der Waals surface area (Å²) in [7, 11) is 2.98. The monoisotopic (exact) mass is 232 g/mol. The van der Waals surface area contributed by atoms with Crippen molar-refractivity contribution in [3.63, 3.8) is 0 Å². The number of hydrogen-bond donors (Lipinski definition) is 1. The van der Waals surface area contributed by atoms with Gasteiger partial charge in [0, 0.05) is 25.9 Å². The smallest absolute Gasteiger partial charge is 0.255 e. The highest BCUT2D eigenvalue weighted by molar-refractivity contribution is 5.82. The first kappa shape index (κ1) is 12.6. The Morgan fingerprint density at radius 2 is 2.31 bits per heavy atom. The summed E-state index contributed by atoms with van der Waals surface area (Å²) in [4.78, 5) is 12.5. The van der Waals surface area contributed by atoms with Crippen molar-refractivity contribution < 1.29 is 13.6 Å². The molecular weight excluding hydrogens is 218 g/mol. The zero-order valence-electron chi connectivity index (χ0n) is 9.10. The number of aryl methyl sites for hydroxylation is 1. The Kier molecular flexibility index (Phi) is 3.94. The number of nitrogens with two attached hydrogens (primary N) is 1. The minimum absolute atomic E-state index is 0.508. The van der Waals surface area contributed by atoms with E-state index in [0.717, 1.165) is 4.90 Å². The van der Waals surface area contributed by atoms with Crippen molar-refractivity contribution in [1.29, 1.82) is 0 Å². The molecule has 0 aliphatic rings. The lowest BCUT2D eigenvalue weighted by Crippen LogP contribution is -2.38. The molecule has 1 heterocycles. The molecule has 0 saturated heterocycles. The van der Waals surface area contributed by atoms with Crippen molar-refractivity contribution in [3.05, 3.63) is 18.0 Å². The highest BCUT2D eigenvalue weighted by Gasteiger charge is 2.22. The number of aromatic nitrogens is 2. The Bertz CT molecular complexity index is 366. The average molecular weight is 232 g/mol. The zero-order chi connectivity index (χ0) is 12.3. The normalized spacial score (nSPS) is 12.9. The molecule has 1 amide bonds. The van der Waals surface area contributed by atoms with Crippen LogP contribution in [0.3, 0.4) is 0 Å². The summed E-state index contributed by atoms with van der Waals surface area (Å²) in [5, 5.41) is 3.86. The van der Waals surface area contributed by atoms with E-state index in [1.165, 1.54) is 17.9 Å². The molecule has 0 fully saturated rings. The van der Waals surface area contributed by atoms with Gasteiger partial charge in [-0.1, -0.05) is 0 Å². The van der Waals surface area contributed by atoms with E-state index in [-0.39, 0.29) is 0 Å². The van der Waals surface area contributed by atoms with Gasteiger partial charge in [-0.05, 0) is 0 Å². The van der Waals surface area contributed by atoms with Crippen LogP contribution in [0, 0.1) is 0 Å². The maximum Gasteiger partial charge on any atom is 0.255 e. The molecular formula is C9H14F2N4O. The summed E-state index contributed by atoms with van der Waals surface area (Å²) in [6, 6.07) is -0.947. The van der Waals surface area contributed by atoms with Gasteiger partial charge in [0.1, 0.15) is 6.04 Å². The lowest BCUT2D eigenvalue weighted by atomic mass is 10.1. The molecule has 7 heteroatoms. The third kappa shape index (κ3) is 2.99. The molecule has 0 saturated carbocycles. The molecule has 0 bridgehead atoms. The number of likely N-dealkylation sites (N-methyl/N-ethyl adjacent to an activating group) is 1. The number of carbonyl (C=O) groups excluding carboxylic acids is 1. The van der Waals surface area contributed by atoms with Gasteiger partial charge < -0.3 is 10.6 Å². The molecule has 0 spiro atoms. The third-order valence-corrected chi connectivity index (χ3v) is 2.14.